The van der Waals surface area contributed by atoms with Crippen molar-refractivity contribution in [2.75, 3.05) is 47.5 Å². The fraction of sp³-hybridized carbons (Fsp3) is 0.435. The molecule has 0 spiro atoms. The third kappa shape index (κ3) is 5.04. The number of aromatic nitrogens is 1. The van der Waals surface area contributed by atoms with E-state index >= 15 is 0 Å². The SMILES string of the molecule is COCCC(=O)N1CCO[C@@](Cc2cccc(-c3ccncc3)c2)(C(=O)N(C)C)C1. The van der Waals surface area contributed by atoms with Crippen molar-refractivity contribution in [3.8, 4) is 11.1 Å². The average molecular weight is 412 g/mol. The van der Waals surface area contributed by atoms with Crippen LogP contribution in [0.25, 0.3) is 11.1 Å². The van der Waals surface area contributed by atoms with E-state index in [-0.39, 0.29) is 18.4 Å². The fourth-order valence-electron chi connectivity index (χ4n) is 3.80. The highest BCUT2D eigenvalue weighted by atomic mass is 16.5. The predicted octanol–water partition coefficient (Wildman–Crippen LogP) is 2.01. The van der Waals surface area contributed by atoms with Gasteiger partial charge in [0.25, 0.3) is 5.91 Å². The van der Waals surface area contributed by atoms with E-state index in [9.17, 15) is 9.59 Å². The Balaban J connectivity index is 1.88. The van der Waals surface area contributed by atoms with Crippen molar-refractivity contribution in [1.29, 1.82) is 0 Å². The van der Waals surface area contributed by atoms with Gasteiger partial charge in [-0.05, 0) is 28.8 Å². The molecule has 1 aromatic heterocycles. The molecule has 0 unspecified atom stereocenters. The van der Waals surface area contributed by atoms with Crippen LogP contribution >= 0.6 is 0 Å². The van der Waals surface area contributed by atoms with Gasteiger partial charge in [-0.1, -0.05) is 24.3 Å². The van der Waals surface area contributed by atoms with Gasteiger partial charge in [0.2, 0.25) is 5.91 Å². The molecule has 7 nitrogen and oxygen atoms in total. The molecule has 0 N–H and O–H groups in total. The first kappa shape index (κ1) is 21.9. The molecule has 2 heterocycles. The van der Waals surface area contributed by atoms with Crippen molar-refractivity contribution < 1.29 is 19.1 Å². The first-order valence-electron chi connectivity index (χ1n) is 10.1. The minimum absolute atomic E-state index is 0.0263. The number of carbonyl (C=O) groups is 2. The molecule has 0 saturated carbocycles. The molecule has 1 aromatic carbocycles. The maximum atomic E-state index is 13.2. The minimum Gasteiger partial charge on any atom is -0.384 e. The molecule has 7 heteroatoms. The summed E-state index contributed by atoms with van der Waals surface area (Å²) >= 11 is 0. The van der Waals surface area contributed by atoms with Crippen molar-refractivity contribution in [1.82, 2.24) is 14.8 Å². The number of benzene rings is 1. The van der Waals surface area contributed by atoms with Gasteiger partial charge in [-0.3, -0.25) is 14.6 Å². The zero-order chi connectivity index (χ0) is 21.6. The Hall–Kier alpha value is -2.77. The van der Waals surface area contributed by atoms with Crippen LogP contribution in [0.1, 0.15) is 12.0 Å². The standard InChI is InChI=1S/C23H29N3O4/c1-25(2)22(28)23(17-26(12-14-30-23)21(27)9-13-29-3)16-18-5-4-6-20(15-18)19-7-10-24-11-8-19/h4-8,10-11,15H,9,12-14,16-17H2,1-3H3/t23-/m1/s1. The van der Waals surface area contributed by atoms with Crippen molar-refractivity contribution in [3.63, 3.8) is 0 Å². The van der Waals surface area contributed by atoms with Crippen LogP contribution in [0.3, 0.4) is 0 Å². The van der Waals surface area contributed by atoms with E-state index < -0.39 is 5.60 Å². The van der Waals surface area contributed by atoms with E-state index in [1.54, 1.807) is 38.5 Å². The van der Waals surface area contributed by atoms with Gasteiger partial charge < -0.3 is 19.3 Å². The van der Waals surface area contributed by atoms with E-state index in [1.807, 2.05) is 30.3 Å². The molecule has 2 aromatic rings. The maximum absolute atomic E-state index is 13.2. The molecule has 160 valence electrons. The number of hydrogen-bond acceptors (Lipinski definition) is 5. The predicted molar refractivity (Wildman–Crippen MR) is 114 cm³/mol. The lowest BCUT2D eigenvalue weighted by Gasteiger charge is -2.43. The molecule has 0 aliphatic carbocycles. The summed E-state index contributed by atoms with van der Waals surface area (Å²) in [7, 11) is 5.00. The van der Waals surface area contributed by atoms with Crippen LogP contribution in [0.2, 0.25) is 0 Å². The highest BCUT2D eigenvalue weighted by molar-refractivity contribution is 5.87. The number of likely N-dealkylation sites (N-methyl/N-ethyl adjacent to an activating group) is 1. The van der Waals surface area contributed by atoms with Crippen LogP contribution in [0.5, 0.6) is 0 Å². The lowest BCUT2D eigenvalue weighted by molar-refractivity contribution is -0.172. The number of nitrogens with zero attached hydrogens (tertiary/aromatic N) is 3. The second-order valence-corrected chi connectivity index (χ2v) is 7.71. The highest BCUT2D eigenvalue weighted by Crippen LogP contribution is 2.28. The van der Waals surface area contributed by atoms with Crippen LogP contribution in [0.4, 0.5) is 0 Å². The van der Waals surface area contributed by atoms with Gasteiger partial charge in [-0.2, -0.15) is 0 Å². The first-order chi connectivity index (χ1) is 14.4. The highest BCUT2D eigenvalue weighted by Gasteiger charge is 2.45. The summed E-state index contributed by atoms with van der Waals surface area (Å²) in [4.78, 5) is 33.1. The normalized spacial score (nSPS) is 18.8. The van der Waals surface area contributed by atoms with Gasteiger partial charge in [0, 0.05) is 46.6 Å². The number of methoxy groups -OCH3 is 1. The van der Waals surface area contributed by atoms with Crippen LogP contribution in [-0.4, -0.2) is 79.7 Å². The average Bonchev–Trinajstić information content (AvgIpc) is 2.77. The largest absolute Gasteiger partial charge is 0.384 e. The lowest BCUT2D eigenvalue weighted by Crippen LogP contribution is -2.61. The Morgan fingerprint density at radius 1 is 1.20 bits per heavy atom. The van der Waals surface area contributed by atoms with Gasteiger partial charge in [0.05, 0.1) is 26.2 Å². The number of pyridine rings is 1. The van der Waals surface area contributed by atoms with Crippen molar-refractivity contribution in [2.45, 2.75) is 18.4 Å². The molecule has 1 aliphatic heterocycles. The Labute approximate surface area is 177 Å². The molecule has 3 rings (SSSR count). The Morgan fingerprint density at radius 3 is 2.67 bits per heavy atom. The zero-order valence-electron chi connectivity index (χ0n) is 17.8. The molecule has 0 bridgehead atoms. The van der Waals surface area contributed by atoms with Gasteiger partial charge in [0.1, 0.15) is 0 Å². The Morgan fingerprint density at radius 2 is 1.97 bits per heavy atom. The number of carbonyl (C=O) groups excluding carboxylic acids is 2. The minimum atomic E-state index is -1.11. The smallest absolute Gasteiger partial charge is 0.256 e. The number of ether oxygens (including phenoxy) is 2. The van der Waals surface area contributed by atoms with E-state index in [4.69, 9.17) is 9.47 Å². The Bertz CT molecular complexity index is 872. The van der Waals surface area contributed by atoms with Crippen molar-refractivity contribution >= 4 is 11.8 Å². The van der Waals surface area contributed by atoms with Crippen molar-refractivity contribution in [3.05, 3.63) is 54.4 Å². The van der Waals surface area contributed by atoms with Crippen LogP contribution in [0, 0.1) is 0 Å². The zero-order valence-corrected chi connectivity index (χ0v) is 17.8. The molecule has 30 heavy (non-hydrogen) atoms. The molecule has 0 radical (unpaired) electrons. The summed E-state index contributed by atoms with van der Waals surface area (Å²) in [5.74, 6) is -0.164. The van der Waals surface area contributed by atoms with Crippen LogP contribution in [-0.2, 0) is 25.5 Å². The second kappa shape index (κ2) is 9.82. The summed E-state index contributed by atoms with van der Waals surface area (Å²) in [6, 6.07) is 12.0. The van der Waals surface area contributed by atoms with E-state index in [0.29, 0.717) is 32.6 Å². The molecular formula is C23H29N3O4. The third-order valence-electron chi connectivity index (χ3n) is 5.28. The fourth-order valence-corrected chi connectivity index (χ4v) is 3.80. The molecule has 1 fully saturated rings. The monoisotopic (exact) mass is 411 g/mol. The number of morpholine rings is 1. The quantitative estimate of drug-likeness (QED) is 0.697. The molecular weight excluding hydrogens is 382 g/mol. The van der Waals surface area contributed by atoms with Crippen LogP contribution in [0.15, 0.2) is 48.8 Å². The van der Waals surface area contributed by atoms with Gasteiger partial charge in [-0.25, -0.2) is 0 Å². The Kier molecular flexibility index (Phi) is 7.18. The molecule has 1 atom stereocenters. The number of amides is 2. The summed E-state index contributed by atoms with van der Waals surface area (Å²) in [6.07, 6.45) is 4.19. The van der Waals surface area contributed by atoms with Gasteiger partial charge >= 0.3 is 0 Å². The molecule has 1 saturated heterocycles. The van der Waals surface area contributed by atoms with E-state index in [1.165, 1.54) is 4.90 Å². The van der Waals surface area contributed by atoms with Crippen molar-refractivity contribution in [2.24, 2.45) is 0 Å². The van der Waals surface area contributed by atoms with Crippen LogP contribution < -0.4 is 0 Å². The lowest BCUT2D eigenvalue weighted by atomic mass is 9.89. The summed E-state index contributed by atoms with van der Waals surface area (Å²) in [6.45, 7) is 1.38. The number of hydrogen-bond donors (Lipinski definition) is 0. The molecule has 1 aliphatic rings. The maximum Gasteiger partial charge on any atom is 0.256 e. The summed E-state index contributed by atoms with van der Waals surface area (Å²) < 4.78 is 11.1. The van der Waals surface area contributed by atoms with Gasteiger partial charge in [-0.15, -0.1) is 0 Å². The first-order valence-corrected chi connectivity index (χ1v) is 10.1. The summed E-state index contributed by atoms with van der Waals surface area (Å²) in [5, 5.41) is 0. The van der Waals surface area contributed by atoms with E-state index in [0.717, 1.165) is 16.7 Å². The second-order valence-electron chi connectivity index (χ2n) is 7.71. The molecule has 2 amide bonds. The number of rotatable bonds is 7. The van der Waals surface area contributed by atoms with Gasteiger partial charge in [0.15, 0.2) is 5.60 Å². The third-order valence-corrected chi connectivity index (χ3v) is 5.28. The summed E-state index contributed by atoms with van der Waals surface area (Å²) in [5.41, 5.74) is 1.97. The topological polar surface area (TPSA) is 72.0 Å². The van der Waals surface area contributed by atoms with E-state index in [2.05, 4.69) is 11.1 Å².